The molecule has 0 N–H and O–H groups in total. The van der Waals surface area contributed by atoms with Crippen LogP contribution in [0.5, 0.6) is 5.75 Å². The molecule has 0 amide bonds. The van der Waals surface area contributed by atoms with Gasteiger partial charge in [-0.05, 0) is 37.5 Å². The molecule has 1 unspecified atom stereocenters. The van der Waals surface area contributed by atoms with Crippen LogP contribution >= 0.6 is 0 Å². The molecule has 0 heterocycles. The van der Waals surface area contributed by atoms with Crippen LogP contribution in [0.3, 0.4) is 0 Å². The number of aryl methyl sites for hydroxylation is 1. The van der Waals surface area contributed by atoms with Crippen LogP contribution in [0.4, 0.5) is 0 Å². The molecule has 4 nitrogen and oxygen atoms in total. The second-order valence-electron chi connectivity index (χ2n) is 6.11. The van der Waals surface area contributed by atoms with Crippen molar-refractivity contribution in [2.75, 3.05) is 6.61 Å². The zero-order valence-electron chi connectivity index (χ0n) is 14.2. The molecule has 1 atom stereocenters. The maximum Gasteiger partial charge on any atom is 0.173 e. The Kier molecular flexibility index (Phi) is 5.08. The predicted octanol–water partition coefficient (Wildman–Crippen LogP) is 3.67. The van der Waals surface area contributed by atoms with Crippen LogP contribution in [0, 0.1) is 5.92 Å². The molecule has 0 saturated heterocycles. The molecule has 0 radical (unpaired) electrons. The highest BCUT2D eigenvalue weighted by Crippen LogP contribution is 2.28. The highest BCUT2D eigenvalue weighted by molar-refractivity contribution is 6.18. The molecule has 4 heteroatoms. The lowest BCUT2D eigenvalue weighted by atomic mass is 9.79. The Hall–Kier alpha value is -2.75. The van der Waals surface area contributed by atoms with Gasteiger partial charge in [0.1, 0.15) is 5.75 Å². The van der Waals surface area contributed by atoms with Crippen molar-refractivity contribution in [2.45, 2.75) is 26.2 Å². The van der Waals surface area contributed by atoms with Gasteiger partial charge >= 0.3 is 0 Å². The molecule has 0 aromatic heterocycles. The van der Waals surface area contributed by atoms with E-state index in [0.717, 1.165) is 5.56 Å². The van der Waals surface area contributed by atoms with Gasteiger partial charge in [-0.15, -0.1) is 0 Å². The molecule has 0 fully saturated rings. The van der Waals surface area contributed by atoms with Gasteiger partial charge in [-0.25, -0.2) is 0 Å². The SMILES string of the molecule is CCOc1ccccc1C(=O)CC(=O)C1CCc2ccccc2C1=O. The fourth-order valence-electron chi connectivity index (χ4n) is 3.26. The second kappa shape index (κ2) is 7.43. The van der Waals surface area contributed by atoms with Crippen molar-refractivity contribution in [2.24, 2.45) is 5.92 Å². The average Bonchev–Trinajstić information content (AvgIpc) is 2.63. The van der Waals surface area contributed by atoms with Gasteiger partial charge in [0.2, 0.25) is 0 Å². The fourth-order valence-corrected chi connectivity index (χ4v) is 3.26. The number of Topliss-reactive ketones (excluding diaryl/α,β-unsaturated/α-hetero) is 3. The minimum Gasteiger partial charge on any atom is -0.493 e. The van der Waals surface area contributed by atoms with Crippen LogP contribution in [0.1, 0.15) is 46.0 Å². The molecule has 0 bridgehead atoms. The Morgan fingerprint density at radius 3 is 2.60 bits per heavy atom. The lowest BCUT2D eigenvalue weighted by Crippen LogP contribution is -2.30. The fraction of sp³-hybridized carbons (Fsp3) is 0.286. The monoisotopic (exact) mass is 336 g/mol. The molecule has 1 aliphatic carbocycles. The van der Waals surface area contributed by atoms with Gasteiger partial charge < -0.3 is 4.74 Å². The van der Waals surface area contributed by atoms with E-state index >= 15 is 0 Å². The molecule has 0 spiro atoms. The summed E-state index contributed by atoms with van der Waals surface area (Å²) in [5, 5.41) is 0. The van der Waals surface area contributed by atoms with Crippen molar-refractivity contribution in [3.8, 4) is 5.75 Å². The summed E-state index contributed by atoms with van der Waals surface area (Å²) < 4.78 is 5.45. The van der Waals surface area contributed by atoms with Crippen molar-refractivity contribution in [3.05, 3.63) is 65.2 Å². The number of rotatable bonds is 6. The first-order valence-corrected chi connectivity index (χ1v) is 8.51. The van der Waals surface area contributed by atoms with E-state index in [4.69, 9.17) is 4.74 Å². The first-order valence-electron chi connectivity index (χ1n) is 8.51. The van der Waals surface area contributed by atoms with E-state index in [0.29, 0.717) is 36.3 Å². The number of carbonyl (C=O) groups excluding carboxylic acids is 3. The van der Waals surface area contributed by atoms with E-state index in [9.17, 15) is 14.4 Å². The summed E-state index contributed by atoms with van der Waals surface area (Å²) in [5.74, 6) is -1.03. The van der Waals surface area contributed by atoms with Crippen molar-refractivity contribution in [3.63, 3.8) is 0 Å². The van der Waals surface area contributed by atoms with E-state index in [-0.39, 0.29) is 23.8 Å². The number of benzene rings is 2. The summed E-state index contributed by atoms with van der Waals surface area (Å²) in [5.41, 5.74) is 1.97. The number of hydrogen-bond acceptors (Lipinski definition) is 4. The van der Waals surface area contributed by atoms with Crippen LogP contribution in [0.15, 0.2) is 48.5 Å². The smallest absolute Gasteiger partial charge is 0.173 e. The van der Waals surface area contributed by atoms with Crippen molar-refractivity contribution < 1.29 is 19.1 Å². The molecular weight excluding hydrogens is 316 g/mol. The molecule has 2 aromatic carbocycles. The maximum absolute atomic E-state index is 12.6. The van der Waals surface area contributed by atoms with Crippen LogP contribution in [-0.4, -0.2) is 24.0 Å². The Morgan fingerprint density at radius 2 is 1.80 bits per heavy atom. The third-order valence-corrected chi connectivity index (χ3v) is 4.51. The number of fused-ring (bicyclic) bond motifs is 1. The zero-order valence-corrected chi connectivity index (χ0v) is 14.2. The predicted molar refractivity (Wildman–Crippen MR) is 94.1 cm³/mol. The molecule has 1 aliphatic rings. The van der Waals surface area contributed by atoms with Gasteiger partial charge in [-0.1, -0.05) is 36.4 Å². The van der Waals surface area contributed by atoms with Gasteiger partial charge in [-0.2, -0.15) is 0 Å². The second-order valence-corrected chi connectivity index (χ2v) is 6.11. The van der Waals surface area contributed by atoms with Gasteiger partial charge in [0.15, 0.2) is 17.3 Å². The number of ether oxygens (including phenoxy) is 1. The maximum atomic E-state index is 12.6. The Morgan fingerprint density at radius 1 is 1.08 bits per heavy atom. The third-order valence-electron chi connectivity index (χ3n) is 4.51. The van der Waals surface area contributed by atoms with Gasteiger partial charge in [0.25, 0.3) is 0 Å². The van der Waals surface area contributed by atoms with Crippen molar-refractivity contribution in [1.82, 2.24) is 0 Å². The zero-order chi connectivity index (χ0) is 17.8. The number of hydrogen-bond donors (Lipinski definition) is 0. The lowest BCUT2D eigenvalue weighted by molar-refractivity contribution is -0.120. The highest BCUT2D eigenvalue weighted by Gasteiger charge is 2.33. The minimum absolute atomic E-state index is 0.169. The standard InChI is InChI=1S/C21H20O4/c1-2-25-20-10-6-5-9-16(20)18(22)13-19(23)17-12-11-14-7-3-4-8-15(14)21(17)24/h3-10,17H,2,11-13H2,1H3. The average molecular weight is 336 g/mol. The number of ketones is 3. The van der Waals surface area contributed by atoms with Gasteiger partial charge in [0, 0.05) is 5.56 Å². The first-order chi connectivity index (χ1) is 12.1. The Bertz CT molecular complexity index is 822. The molecule has 3 rings (SSSR count). The summed E-state index contributed by atoms with van der Waals surface area (Å²) in [6.07, 6.45) is 0.875. The van der Waals surface area contributed by atoms with Crippen LogP contribution in [0.2, 0.25) is 0 Å². The van der Waals surface area contributed by atoms with Crippen LogP contribution < -0.4 is 4.74 Å². The third kappa shape index (κ3) is 3.53. The lowest BCUT2D eigenvalue weighted by Gasteiger charge is -2.22. The van der Waals surface area contributed by atoms with Gasteiger partial charge in [-0.3, -0.25) is 14.4 Å². The van der Waals surface area contributed by atoms with E-state index in [1.165, 1.54) is 0 Å². The Balaban J connectivity index is 1.75. The number of para-hydroxylation sites is 1. The molecule has 0 saturated carbocycles. The topological polar surface area (TPSA) is 60.4 Å². The normalized spacial score (nSPS) is 16.2. The quantitative estimate of drug-likeness (QED) is 0.596. The molecule has 0 aliphatic heterocycles. The Labute approximate surface area is 146 Å². The summed E-state index contributed by atoms with van der Waals surface area (Å²) in [6.45, 7) is 2.28. The summed E-state index contributed by atoms with van der Waals surface area (Å²) in [4.78, 5) is 37.7. The largest absolute Gasteiger partial charge is 0.493 e. The van der Waals surface area contributed by atoms with Crippen LogP contribution in [-0.2, 0) is 11.2 Å². The van der Waals surface area contributed by atoms with Crippen LogP contribution in [0.25, 0.3) is 0 Å². The van der Waals surface area contributed by atoms with E-state index in [1.54, 1.807) is 36.4 Å². The van der Waals surface area contributed by atoms with E-state index < -0.39 is 5.92 Å². The molecule has 128 valence electrons. The summed E-state index contributed by atoms with van der Waals surface area (Å²) in [6, 6.07) is 14.2. The van der Waals surface area contributed by atoms with Gasteiger partial charge in [0.05, 0.1) is 24.5 Å². The first kappa shape index (κ1) is 17.1. The van der Waals surface area contributed by atoms with Crippen molar-refractivity contribution in [1.29, 1.82) is 0 Å². The highest BCUT2D eigenvalue weighted by atomic mass is 16.5. The van der Waals surface area contributed by atoms with E-state index in [2.05, 4.69) is 0 Å². The molecule has 2 aromatic rings. The number of carbonyl (C=O) groups is 3. The summed E-state index contributed by atoms with van der Waals surface area (Å²) in [7, 11) is 0. The van der Waals surface area contributed by atoms with E-state index in [1.807, 2.05) is 19.1 Å². The van der Waals surface area contributed by atoms with Crippen molar-refractivity contribution >= 4 is 17.3 Å². The minimum atomic E-state index is -0.724. The summed E-state index contributed by atoms with van der Waals surface area (Å²) >= 11 is 0. The molecular formula is C21H20O4. The molecule has 25 heavy (non-hydrogen) atoms.